The zero-order valence-corrected chi connectivity index (χ0v) is 15.9. The van der Waals surface area contributed by atoms with Crippen LogP contribution < -0.4 is 0 Å². The summed E-state index contributed by atoms with van der Waals surface area (Å²) in [4.78, 5) is 15.9. The standard InChI is InChI=1S/C10H21N.C9H17NO/c1-8(2)10-7-9(3)5-6-11(10)4;1-7(2)9-6-8(11)4-5-10(9)3/h8-10H,5-7H2,1-4H3;7,9H,4-6H2,1-3H3. The van der Waals surface area contributed by atoms with Gasteiger partial charge in [-0.05, 0) is 51.2 Å². The van der Waals surface area contributed by atoms with E-state index in [2.05, 4.69) is 58.5 Å². The minimum atomic E-state index is 0.432. The third kappa shape index (κ3) is 6.00. The summed E-state index contributed by atoms with van der Waals surface area (Å²) in [6.45, 7) is 13.6. The van der Waals surface area contributed by atoms with Crippen molar-refractivity contribution >= 4 is 5.78 Å². The lowest BCUT2D eigenvalue weighted by atomic mass is 9.87. The summed E-state index contributed by atoms with van der Waals surface area (Å²) in [7, 11) is 4.37. The summed E-state index contributed by atoms with van der Waals surface area (Å²) >= 11 is 0. The van der Waals surface area contributed by atoms with Crippen LogP contribution in [-0.2, 0) is 4.79 Å². The molecule has 0 aromatic heterocycles. The van der Waals surface area contributed by atoms with Crippen molar-refractivity contribution in [2.24, 2.45) is 17.8 Å². The van der Waals surface area contributed by atoms with E-state index in [9.17, 15) is 4.79 Å². The van der Waals surface area contributed by atoms with Crippen molar-refractivity contribution in [2.45, 2.75) is 72.4 Å². The first-order valence-corrected chi connectivity index (χ1v) is 9.14. The number of carbonyl (C=O) groups excluding carboxylic acids is 1. The van der Waals surface area contributed by atoms with Crippen LogP contribution in [-0.4, -0.2) is 54.9 Å². The fraction of sp³-hybridized carbons (Fsp3) is 0.947. The van der Waals surface area contributed by atoms with Gasteiger partial charge in [0, 0.05) is 31.5 Å². The molecule has 2 rings (SSSR count). The molecule has 0 spiro atoms. The maximum atomic E-state index is 11.1. The van der Waals surface area contributed by atoms with E-state index < -0.39 is 0 Å². The topological polar surface area (TPSA) is 23.6 Å². The maximum absolute atomic E-state index is 11.1. The molecule has 0 bridgehead atoms. The van der Waals surface area contributed by atoms with Gasteiger partial charge in [-0.2, -0.15) is 0 Å². The van der Waals surface area contributed by atoms with Gasteiger partial charge in [-0.3, -0.25) is 4.79 Å². The number of rotatable bonds is 2. The van der Waals surface area contributed by atoms with E-state index in [4.69, 9.17) is 0 Å². The number of hydrogen-bond acceptors (Lipinski definition) is 3. The highest BCUT2D eigenvalue weighted by Crippen LogP contribution is 2.25. The van der Waals surface area contributed by atoms with E-state index in [0.717, 1.165) is 37.3 Å². The first-order valence-electron chi connectivity index (χ1n) is 9.14. The third-order valence-electron chi connectivity index (χ3n) is 5.47. The SMILES string of the molecule is CC(C)C1CC(=O)CCN1C.CC1CCN(C)C(C(C)C)C1. The fourth-order valence-corrected chi connectivity index (χ4v) is 3.78. The first-order chi connectivity index (χ1) is 10.2. The Kier molecular flexibility index (Phi) is 8.06. The average Bonchev–Trinajstić information content (AvgIpc) is 2.44. The van der Waals surface area contributed by atoms with Crippen molar-refractivity contribution in [1.29, 1.82) is 0 Å². The van der Waals surface area contributed by atoms with Gasteiger partial charge in [0.1, 0.15) is 5.78 Å². The zero-order valence-electron chi connectivity index (χ0n) is 15.9. The summed E-state index contributed by atoms with van der Waals surface area (Å²) in [6.07, 6.45) is 4.29. The van der Waals surface area contributed by atoms with E-state index in [1.54, 1.807) is 0 Å². The number of ketones is 1. The molecule has 2 heterocycles. The van der Waals surface area contributed by atoms with Gasteiger partial charge in [-0.15, -0.1) is 0 Å². The van der Waals surface area contributed by atoms with Crippen molar-refractivity contribution in [1.82, 2.24) is 9.80 Å². The minimum absolute atomic E-state index is 0.432. The molecule has 22 heavy (non-hydrogen) atoms. The van der Waals surface area contributed by atoms with Crippen LogP contribution in [0.3, 0.4) is 0 Å². The van der Waals surface area contributed by atoms with Crippen LogP contribution in [0.15, 0.2) is 0 Å². The number of hydrogen-bond donors (Lipinski definition) is 0. The van der Waals surface area contributed by atoms with Crippen LogP contribution >= 0.6 is 0 Å². The van der Waals surface area contributed by atoms with Crippen LogP contribution in [0, 0.1) is 17.8 Å². The Hall–Kier alpha value is -0.410. The van der Waals surface area contributed by atoms with Crippen molar-refractivity contribution in [3.63, 3.8) is 0 Å². The Morgan fingerprint density at radius 1 is 0.955 bits per heavy atom. The second-order valence-corrected chi connectivity index (χ2v) is 8.21. The molecule has 0 radical (unpaired) electrons. The molecule has 2 aliphatic heterocycles. The lowest BCUT2D eigenvalue weighted by Crippen LogP contribution is -2.43. The molecular weight excluding hydrogens is 272 g/mol. The van der Waals surface area contributed by atoms with Crippen molar-refractivity contribution in [2.75, 3.05) is 27.2 Å². The van der Waals surface area contributed by atoms with E-state index in [-0.39, 0.29) is 0 Å². The maximum Gasteiger partial charge on any atom is 0.135 e. The van der Waals surface area contributed by atoms with Crippen LogP contribution in [0.2, 0.25) is 0 Å². The van der Waals surface area contributed by atoms with Crippen LogP contribution in [0.25, 0.3) is 0 Å². The molecule has 0 aromatic carbocycles. The summed E-state index contributed by atoms with van der Waals surface area (Å²) in [5, 5.41) is 0. The molecule has 0 aliphatic carbocycles. The summed E-state index contributed by atoms with van der Waals surface area (Å²) in [6, 6.07) is 1.31. The molecule has 3 unspecified atom stereocenters. The molecule has 3 heteroatoms. The first kappa shape index (κ1) is 19.6. The molecule has 2 aliphatic rings. The van der Waals surface area contributed by atoms with Gasteiger partial charge in [0.25, 0.3) is 0 Å². The smallest absolute Gasteiger partial charge is 0.135 e. The monoisotopic (exact) mass is 310 g/mol. The molecule has 0 aromatic rings. The minimum Gasteiger partial charge on any atom is -0.303 e. The molecule has 3 nitrogen and oxygen atoms in total. The molecule has 0 amide bonds. The molecule has 2 fully saturated rings. The quantitative estimate of drug-likeness (QED) is 0.777. The number of likely N-dealkylation sites (tertiary alicyclic amines) is 2. The van der Waals surface area contributed by atoms with Gasteiger partial charge in [-0.1, -0.05) is 34.6 Å². The number of Topliss-reactive ketones (excluding diaryl/α,β-unsaturated/α-hetero) is 1. The van der Waals surface area contributed by atoms with E-state index in [0.29, 0.717) is 17.7 Å². The summed E-state index contributed by atoms with van der Waals surface area (Å²) < 4.78 is 0. The van der Waals surface area contributed by atoms with Gasteiger partial charge >= 0.3 is 0 Å². The van der Waals surface area contributed by atoms with Crippen LogP contribution in [0.4, 0.5) is 0 Å². The van der Waals surface area contributed by atoms with Gasteiger partial charge in [0.2, 0.25) is 0 Å². The summed E-state index contributed by atoms with van der Waals surface area (Å²) in [5.74, 6) is 2.80. The highest BCUT2D eigenvalue weighted by Gasteiger charge is 2.26. The normalized spacial score (nSPS) is 31.3. The van der Waals surface area contributed by atoms with E-state index in [1.165, 1.54) is 19.4 Å². The highest BCUT2D eigenvalue weighted by atomic mass is 16.1. The molecule has 130 valence electrons. The van der Waals surface area contributed by atoms with E-state index in [1.807, 2.05) is 0 Å². The van der Waals surface area contributed by atoms with Gasteiger partial charge < -0.3 is 9.80 Å². The van der Waals surface area contributed by atoms with Crippen LogP contribution in [0.1, 0.15) is 60.3 Å². The molecular formula is C19H38N2O. The van der Waals surface area contributed by atoms with Crippen molar-refractivity contribution in [3.05, 3.63) is 0 Å². The highest BCUT2D eigenvalue weighted by molar-refractivity contribution is 5.80. The van der Waals surface area contributed by atoms with E-state index >= 15 is 0 Å². The van der Waals surface area contributed by atoms with Crippen molar-refractivity contribution < 1.29 is 4.79 Å². The molecule has 0 saturated carbocycles. The Morgan fingerprint density at radius 3 is 1.95 bits per heavy atom. The predicted molar refractivity (Wildman–Crippen MR) is 95.2 cm³/mol. The Labute approximate surface area is 138 Å². The lowest BCUT2D eigenvalue weighted by Gasteiger charge is -2.38. The zero-order chi connectivity index (χ0) is 16.9. The Bertz CT molecular complexity index is 340. The average molecular weight is 311 g/mol. The Balaban J connectivity index is 0.000000220. The predicted octanol–water partition coefficient (Wildman–Crippen LogP) is 3.68. The molecule has 0 N–H and O–H groups in total. The van der Waals surface area contributed by atoms with Gasteiger partial charge in [-0.25, -0.2) is 0 Å². The lowest BCUT2D eigenvalue weighted by molar-refractivity contribution is -0.123. The van der Waals surface area contributed by atoms with Crippen molar-refractivity contribution in [3.8, 4) is 0 Å². The molecule has 3 atom stereocenters. The summed E-state index contributed by atoms with van der Waals surface area (Å²) in [5.41, 5.74) is 0. The van der Waals surface area contributed by atoms with Gasteiger partial charge in [0.15, 0.2) is 0 Å². The fourth-order valence-electron chi connectivity index (χ4n) is 3.78. The number of carbonyl (C=O) groups is 1. The number of nitrogens with zero attached hydrogens (tertiary/aromatic N) is 2. The third-order valence-corrected chi connectivity index (χ3v) is 5.47. The van der Waals surface area contributed by atoms with Gasteiger partial charge in [0.05, 0.1) is 0 Å². The van der Waals surface area contributed by atoms with Crippen LogP contribution in [0.5, 0.6) is 0 Å². The Morgan fingerprint density at radius 2 is 1.50 bits per heavy atom. The molecule has 2 saturated heterocycles. The second kappa shape index (κ2) is 9.02. The number of piperidine rings is 2. The second-order valence-electron chi connectivity index (χ2n) is 8.21. The largest absolute Gasteiger partial charge is 0.303 e.